The average Bonchev–Trinajstić information content (AvgIpc) is 3.31. The zero-order chi connectivity index (χ0) is 18.3. The van der Waals surface area contributed by atoms with E-state index in [-0.39, 0.29) is 47.9 Å². The Bertz CT molecular complexity index is 884. The lowest BCUT2D eigenvalue weighted by molar-refractivity contribution is -0.142. The third kappa shape index (κ3) is 2.14. The third-order valence-corrected chi connectivity index (χ3v) is 7.44. The molecule has 0 unspecified atom stereocenters. The second-order valence-corrected chi connectivity index (χ2v) is 8.80. The number of amides is 3. The zero-order valence-electron chi connectivity index (χ0n) is 15.1. The van der Waals surface area contributed by atoms with Crippen LogP contribution in [0.1, 0.15) is 24.0 Å². The summed E-state index contributed by atoms with van der Waals surface area (Å²) in [6, 6.07) is 5.99. The fourth-order valence-electron chi connectivity index (χ4n) is 6.17. The van der Waals surface area contributed by atoms with Crippen LogP contribution < -0.4 is 5.32 Å². The number of rotatable bonds is 3. The summed E-state index contributed by atoms with van der Waals surface area (Å²) in [5.74, 6) is 0.526. The average molecular weight is 362 g/mol. The van der Waals surface area contributed by atoms with Crippen molar-refractivity contribution in [2.24, 2.45) is 35.5 Å². The number of hydrogen-bond acceptors (Lipinski definition) is 3. The van der Waals surface area contributed by atoms with E-state index < -0.39 is 0 Å². The molecule has 1 aromatic carbocycles. The van der Waals surface area contributed by atoms with Crippen molar-refractivity contribution in [1.29, 1.82) is 0 Å². The van der Waals surface area contributed by atoms with Crippen LogP contribution in [0.4, 0.5) is 5.69 Å². The molecule has 5 aliphatic carbocycles. The number of fused-ring (bicyclic) bond motifs is 1. The van der Waals surface area contributed by atoms with Gasteiger partial charge in [0, 0.05) is 5.69 Å². The Morgan fingerprint density at radius 1 is 1.00 bits per heavy atom. The minimum Gasteiger partial charge on any atom is -0.325 e. The van der Waals surface area contributed by atoms with Gasteiger partial charge < -0.3 is 5.32 Å². The summed E-state index contributed by atoms with van der Waals surface area (Å²) in [4.78, 5) is 39.6. The summed E-state index contributed by atoms with van der Waals surface area (Å²) in [5.41, 5.74) is 3.39. The second-order valence-electron chi connectivity index (χ2n) is 8.80. The molecule has 3 fully saturated rings. The first-order valence-corrected chi connectivity index (χ1v) is 10.1. The molecule has 2 saturated carbocycles. The molecule has 3 amide bonds. The number of likely N-dealkylation sites (tertiary alicyclic amines) is 1. The van der Waals surface area contributed by atoms with Crippen LogP contribution in [0, 0.1) is 35.5 Å². The molecule has 138 valence electrons. The maximum absolute atomic E-state index is 12.9. The molecule has 27 heavy (non-hydrogen) atoms. The molecule has 1 heterocycles. The van der Waals surface area contributed by atoms with Gasteiger partial charge in [-0.05, 0) is 72.6 Å². The molecule has 0 spiro atoms. The van der Waals surface area contributed by atoms with E-state index >= 15 is 0 Å². The Labute approximate surface area is 157 Å². The normalized spacial score (nSPS) is 37.3. The highest BCUT2D eigenvalue weighted by molar-refractivity contribution is 6.09. The summed E-state index contributed by atoms with van der Waals surface area (Å²) in [5, 5.41) is 2.88. The van der Waals surface area contributed by atoms with Gasteiger partial charge in [-0.3, -0.25) is 19.3 Å². The van der Waals surface area contributed by atoms with Crippen LogP contribution in [0.15, 0.2) is 30.4 Å². The largest absolute Gasteiger partial charge is 0.325 e. The van der Waals surface area contributed by atoms with E-state index in [0.717, 1.165) is 31.4 Å². The van der Waals surface area contributed by atoms with E-state index in [9.17, 15) is 14.4 Å². The molecular formula is C22H22N2O3. The summed E-state index contributed by atoms with van der Waals surface area (Å²) in [7, 11) is 0. The maximum Gasteiger partial charge on any atom is 0.244 e. The van der Waals surface area contributed by atoms with Gasteiger partial charge in [0.1, 0.15) is 6.54 Å². The minimum absolute atomic E-state index is 0.140. The number of nitrogens with one attached hydrogen (secondary N) is 1. The van der Waals surface area contributed by atoms with Gasteiger partial charge >= 0.3 is 0 Å². The van der Waals surface area contributed by atoms with E-state index in [1.54, 1.807) is 0 Å². The van der Waals surface area contributed by atoms with E-state index in [1.807, 2.05) is 12.1 Å². The van der Waals surface area contributed by atoms with Crippen molar-refractivity contribution in [2.75, 3.05) is 11.9 Å². The van der Waals surface area contributed by atoms with Crippen molar-refractivity contribution in [3.8, 4) is 0 Å². The summed E-state index contributed by atoms with van der Waals surface area (Å²) >= 11 is 0. The molecule has 5 nitrogen and oxygen atoms in total. The van der Waals surface area contributed by atoms with E-state index in [0.29, 0.717) is 11.8 Å². The first-order chi connectivity index (χ1) is 13.1. The smallest absolute Gasteiger partial charge is 0.244 e. The predicted octanol–water partition coefficient (Wildman–Crippen LogP) is 2.17. The van der Waals surface area contributed by atoms with Crippen molar-refractivity contribution in [3.05, 3.63) is 41.5 Å². The number of nitrogens with zero attached hydrogens (tertiary/aromatic N) is 1. The van der Waals surface area contributed by atoms with Gasteiger partial charge in [0.25, 0.3) is 0 Å². The molecule has 7 rings (SSSR count). The monoisotopic (exact) mass is 362 g/mol. The SMILES string of the molecule is O=C(CN1C(=O)[C@@H]2[C@H]3C=C[C@@H]([C@@H]4C[C@@H]34)[C@H]2C1=O)Nc1ccc2c(c1)CCC2. The number of hydrogen-bond donors (Lipinski definition) is 1. The lowest BCUT2D eigenvalue weighted by Crippen LogP contribution is -2.40. The molecule has 6 aliphatic rings. The molecule has 0 radical (unpaired) electrons. The Kier molecular flexibility index (Phi) is 3.07. The highest BCUT2D eigenvalue weighted by Crippen LogP contribution is 2.65. The van der Waals surface area contributed by atoms with Crippen molar-refractivity contribution in [2.45, 2.75) is 25.7 Å². The molecule has 5 heteroatoms. The number of benzene rings is 1. The van der Waals surface area contributed by atoms with Crippen LogP contribution in [-0.4, -0.2) is 29.2 Å². The zero-order valence-corrected chi connectivity index (χ0v) is 15.1. The van der Waals surface area contributed by atoms with Crippen LogP contribution in [-0.2, 0) is 27.2 Å². The molecular weight excluding hydrogens is 340 g/mol. The maximum atomic E-state index is 12.9. The first-order valence-electron chi connectivity index (χ1n) is 10.1. The van der Waals surface area contributed by atoms with Crippen molar-refractivity contribution < 1.29 is 14.4 Å². The second kappa shape index (κ2) is 5.31. The van der Waals surface area contributed by atoms with Crippen molar-refractivity contribution >= 4 is 23.4 Å². The molecule has 6 atom stereocenters. The van der Waals surface area contributed by atoms with Gasteiger partial charge in [0.15, 0.2) is 0 Å². The predicted molar refractivity (Wildman–Crippen MR) is 98.5 cm³/mol. The fraction of sp³-hybridized carbons (Fsp3) is 0.500. The summed E-state index contributed by atoms with van der Waals surface area (Å²) in [6.45, 7) is -0.170. The lowest BCUT2D eigenvalue weighted by atomic mass is 9.63. The van der Waals surface area contributed by atoms with Gasteiger partial charge in [0.2, 0.25) is 17.7 Å². The quantitative estimate of drug-likeness (QED) is 0.662. The number of imide groups is 1. The summed E-state index contributed by atoms with van der Waals surface area (Å²) < 4.78 is 0. The molecule has 0 aromatic heterocycles. The highest BCUT2D eigenvalue weighted by atomic mass is 16.2. The van der Waals surface area contributed by atoms with Crippen LogP contribution >= 0.6 is 0 Å². The fourth-order valence-corrected chi connectivity index (χ4v) is 6.17. The van der Waals surface area contributed by atoms with E-state index in [4.69, 9.17) is 0 Å². The van der Waals surface area contributed by atoms with E-state index in [2.05, 4.69) is 23.5 Å². The van der Waals surface area contributed by atoms with Crippen molar-refractivity contribution in [3.63, 3.8) is 0 Å². The minimum atomic E-state index is -0.293. The molecule has 1 aliphatic heterocycles. The standard InChI is InChI=1S/C22H22N2O3/c25-18(23-13-5-4-11-2-1-3-12(11)8-13)10-24-21(26)19-14-6-7-15(17-9-16(14)17)20(19)22(24)27/h4-8,14-17,19-20H,1-3,9-10H2,(H,23,25)/t14-,15-,16-,17-,19+,20+/m0/s1. The lowest BCUT2D eigenvalue weighted by Gasteiger charge is -2.37. The molecule has 1 saturated heterocycles. The number of aryl methyl sites for hydroxylation is 2. The molecule has 2 bridgehead atoms. The molecule has 1 aromatic rings. The van der Waals surface area contributed by atoms with Crippen molar-refractivity contribution in [1.82, 2.24) is 4.90 Å². The Morgan fingerprint density at radius 2 is 1.67 bits per heavy atom. The topological polar surface area (TPSA) is 66.5 Å². The van der Waals surface area contributed by atoms with Crippen LogP contribution in [0.2, 0.25) is 0 Å². The van der Waals surface area contributed by atoms with Gasteiger partial charge in [-0.25, -0.2) is 0 Å². The molecule has 1 N–H and O–H groups in total. The van der Waals surface area contributed by atoms with Gasteiger partial charge in [-0.2, -0.15) is 0 Å². The Balaban J connectivity index is 1.19. The van der Waals surface area contributed by atoms with Gasteiger partial charge in [0.05, 0.1) is 11.8 Å². The van der Waals surface area contributed by atoms with E-state index in [1.165, 1.54) is 16.0 Å². The summed E-state index contributed by atoms with van der Waals surface area (Å²) in [6.07, 6.45) is 8.75. The Hall–Kier alpha value is -2.43. The van der Waals surface area contributed by atoms with Crippen LogP contribution in [0.3, 0.4) is 0 Å². The van der Waals surface area contributed by atoms with Gasteiger partial charge in [-0.15, -0.1) is 0 Å². The highest BCUT2D eigenvalue weighted by Gasteiger charge is 2.67. The number of carbonyl (C=O) groups excluding carboxylic acids is 3. The van der Waals surface area contributed by atoms with Gasteiger partial charge in [-0.1, -0.05) is 18.2 Å². The number of anilines is 1. The van der Waals surface area contributed by atoms with Crippen LogP contribution in [0.5, 0.6) is 0 Å². The first kappa shape index (κ1) is 15.6. The number of carbonyl (C=O) groups is 3. The third-order valence-electron chi connectivity index (χ3n) is 7.44. The van der Waals surface area contributed by atoms with Crippen LogP contribution in [0.25, 0.3) is 0 Å². The Morgan fingerprint density at radius 3 is 2.37 bits per heavy atom. The number of allylic oxidation sites excluding steroid dienone is 2.